The molecule has 0 saturated heterocycles. The minimum atomic E-state index is -4.40. The Labute approximate surface area is 122 Å². The molecule has 0 bridgehead atoms. The molecule has 0 unspecified atom stereocenters. The molecule has 0 fully saturated rings. The van der Waals surface area contributed by atoms with Gasteiger partial charge in [0.05, 0.1) is 29.0 Å². The Kier molecular flexibility index (Phi) is 3.36. The molecule has 3 rings (SSSR count). The van der Waals surface area contributed by atoms with E-state index in [1.54, 1.807) is 10.6 Å². The van der Waals surface area contributed by atoms with Gasteiger partial charge in [0.2, 0.25) is 0 Å². The Morgan fingerprint density at radius 3 is 2.67 bits per heavy atom. The van der Waals surface area contributed by atoms with Crippen LogP contribution in [0.4, 0.5) is 13.2 Å². The van der Waals surface area contributed by atoms with Crippen LogP contribution in [0.3, 0.4) is 0 Å². The molecule has 2 aromatic heterocycles. The lowest BCUT2D eigenvalue weighted by atomic mass is 10.2. The van der Waals surface area contributed by atoms with E-state index in [4.69, 9.17) is 16.1 Å². The summed E-state index contributed by atoms with van der Waals surface area (Å²) in [6.45, 7) is 0.334. The van der Waals surface area contributed by atoms with Gasteiger partial charge in [-0.15, -0.1) is 11.6 Å². The molecule has 8 heteroatoms. The second kappa shape index (κ2) is 5.07. The number of hydrogen-bond donors (Lipinski definition) is 0. The fourth-order valence-corrected chi connectivity index (χ4v) is 2.32. The van der Waals surface area contributed by atoms with Gasteiger partial charge >= 0.3 is 6.18 Å². The van der Waals surface area contributed by atoms with Crippen LogP contribution in [-0.4, -0.2) is 14.7 Å². The van der Waals surface area contributed by atoms with Crippen molar-refractivity contribution in [3.05, 3.63) is 47.6 Å². The van der Waals surface area contributed by atoms with E-state index in [1.165, 1.54) is 12.3 Å². The van der Waals surface area contributed by atoms with Crippen molar-refractivity contribution in [2.75, 3.05) is 0 Å². The summed E-state index contributed by atoms with van der Waals surface area (Å²) in [4.78, 5) is 4.16. The van der Waals surface area contributed by atoms with Crippen LogP contribution < -0.4 is 0 Å². The zero-order valence-corrected chi connectivity index (χ0v) is 11.3. The Bertz CT molecular complexity index is 765. The van der Waals surface area contributed by atoms with Crippen LogP contribution in [-0.2, 0) is 18.6 Å². The predicted molar refractivity (Wildman–Crippen MR) is 69.9 cm³/mol. The maximum absolute atomic E-state index is 12.7. The first kappa shape index (κ1) is 13.9. The molecule has 2 heterocycles. The van der Waals surface area contributed by atoms with Gasteiger partial charge in [-0.3, -0.25) is 0 Å². The Hall–Kier alpha value is -2.02. The van der Waals surface area contributed by atoms with Crippen LogP contribution in [0.25, 0.3) is 11.0 Å². The minimum absolute atomic E-state index is 0.0912. The summed E-state index contributed by atoms with van der Waals surface area (Å²) in [5.74, 6) is 0.572. The van der Waals surface area contributed by atoms with Crippen molar-refractivity contribution in [1.29, 1.82) is 0 Å². The van der Waals surface area contributed by atoms with E-state index in [0.717, 1.165) is 12.1 Å². The number of nitrogens with zero attached hydrogens (tertiary/aromatic N) is 3. The quantitative estimate of drug-likeness (QED) is 0.690. The van der Waals surface area contributed by atoms with Crippen molar-refractivity contribution >= 4 is 22.6 Å². The van der Waals surface area contributed by atoms with E-state index < -0.39 is 11.7 Å². The number of rotatable bonds is 3. The van der Waals surface area contributed by atoms with E-state index in [1.807, 2.05) is 0 Å². The fraction of sp³-hybridized carbons (Fsp3) is 0.231. The van der Waals surface area contributed by atoms with Gasteiger partial charge in [-0.2, -0.15) is 13.2 Å². The van der Waals surface area contributed by atoms with Crippen molar-refractivity contribution in [2.24, 2.45) is 0 Å². The van der Waals surface area contributed by atoms with Crippen molar-refractivity contribution < 1.29 is 17.7 Å². The summed E-state index contributed by atoms with van der Waals surface area (Å²) in [5.41, 5.74) is 0.730. The Morgan fingerprint density at radius 1 is 1.24 bits per heavy atom. The molecule has 0 N–H and O–H groups in total. The highest BCUT2D eigenvalue weighted by molar-refractivity contribution is 6.16. The highest BCUT2D eigenvalue weighted by atomic mass is 35.5. The third-order valence-corrected chi connectivity index (χ3v) is 3.32. The van der Waals surface area contributed by atoms with Gasteiger partial charge in [-0.1, -0.05) is 5.16 Å². The molecule has 0 amide bonds. The van der Waals surface area contributed by atoms with Crippen LogP contribution >= 0.6 is 11.6 Å². The second-order valence-electron chi connectivity index (χ2n) is 4.44. The third-order valence-electron chi connectivity index (χ3n) is 3.09. The average molecular weight is 316 g/mol. The zero-order valence-electron chi connectivity index (χ0n) is 10.6. The van der Waals surface area contributed by atoms with Crippen molar-refractivity contribution in [2.45, 2.75) is 18.6 Å². The number of benzene rings is 1. The second-order valence-corrected chi connectivity index (χ2v) is 4.71. The lowest BCUT2D eigenvalue weighted by Crippen LogP contribution is -2.05. The first-order valence-electron chi connectivity index (χ1n) is 6.00. The summed E-state index contributed by atoms with van der Waals surface area (Å²) in [7, 11) is 0. The van der Waals surface area contributed by atoms with Crippen molar-refractivity contribution in [3.63, 3.8) is 0 Å². The van der Waals surface area contributed by atoms with E-state index in [2.05, 4.69) is 10.1 Å². The van der Waals surface area contributed by atoms with Crippen molar-refractivity contribution in [1.82, 2.24) is 14.7 Å². The van der Waals surface area contributed by atoms with Crippen LogP contribution in [0.1, 0.15) is 17.1 Å². The molecule has 4 nitrogen and oxygen atoms in total. The van der Waals surface area contributed by atoms with Gasteiger partial charge in [0, 0.05) is 6.07 Å². The first-order valence-corrected chi connectivity index (χ1v) is 6.54. The predicted octanol–water partition coefficient (Wildman–Crippen LogP) is 3.83. The SMILES string of the molecule is FC(F)(F)c1ccc2c(c1)nc(CCl)n2Cc1ccon1. The molecule has 0 radical (unpaired) electrons. The average Bonchev–Trinajstić information content (AvgIpc) is 3.05. The van der Waals surface area contributed by atoms with Crippen LogP contribution in [0, 0.1) is 0 Å². The fourth-order valence-electron chi connectivity index (χ4n) is 2.12. The molecule has 0 aliphatic carbocycles. The zero-order chi connectivity index (χ0) is 15.0. The molecule has 0 spiro atoms. The summed E-state index contributed by atoms with van der Waals surface area (Å²) < 4.78 is 44.7. The smallest absolute Gasteiger partial charge is 0.364 e. The van der Waals surface area contributed by atoms with Gasteiger partial charge in [0.1, 0.15) is 17.8 Å². The van der Waals surface area contributed by atoms with E-state index in [0.29, 0.717) is 23.6 Å². The number of hydrogen-bond acceptors (Lipinski definition) is 3. The van der Waals surface area contributed by atoms with Gasteiger partial charge < -0.3 is 9.09 Å². The maximum Gasteiger partial charge on any atom is 0.416 e. The Morgan fingerprint density at radius 2 is 2.05 bits per heavy atom. The van der Waals surface area contributed by atoms with Crippen LogP contribution in [0.15, 0.2) is 35.1 Å². The van der Waals surface area contributed by atoms with Gasteiger partial charge in [-0.05, 0) is 18.2 Å². The lowest BCUT2D eigenvalue weighted by molar-refractivity contribution is -0.137. The van der Waals surface area contributed by atoms with Crippen molar-refractivity contribution in [3.8, 4) is 0 Å². The van der Waals surface area contributed by atoms with E-state index >= 15 is 0 Å². The Balaban J connectivity index is 2.10. The molecule has 110 valence electrons. The highest BCUT2D eigenvalue weighted by Gasteiger charge is 2.31. The molecule has 0 atom stereocenters. The monoisotopic (exact) mass is 315 g/mol. The molecule has 3 aromatic rings. The number of alkyl halides is 4. The molecule has 21 heavy (non-hydrogen) atoms. The summed E-state index contributed by atoms with van der Waals surface area (Å²) in [6.07, 6.45) is -2.97. The maximum atomic E-state index is 12.7. The topological polar surface area (TPSA) is 43.9 Å². The summed E-state index contributed by atoms with van der Waals surface area (Å²) in [6, 6.07) is 5.11. The number of imidazole rings is 1. The number of aromatic nitrogens is 3. The largest absolute Gasteiger partial charge is 0.416 e. The number of fused-ring (bicyclic) bond motifs is 1. The van der Waals surface area contributed by atoms with Crippen LogP contribution in [0.5, 0.6) is 0 Å². The minimum Gasteiger partial charge on any atom is -0.364 e. The normalized spacial score (nSPS) is 12.2. The van der Waals surface area contributed by atoms with Gasteiger partial charge in [-0.25, -0.2) is 4.98 Å². The molecular weight excluding hydrogens is 307 g/mol. The van der Waals surface area contributed by atoms with Gasteiger partial charge in [0.15, 0.2) is 0 Å². The third kappa shape index (κ3) is 2.61. The molecular formula is C13H9ClF3N3O. The summed E-state index contributed by atoms with van der Waals surface area (Å²) >= 11 is 5.82. The standard InChI is InChI=1S/C13H9ClF3N3O/c14-6-12-18-10-5-8(13(15,16)17)1-2-11(10)20(12)7-9-3-4-21-19-9/h1-5H,6-7H2. The molecule has 0 aliphatic rings. The van der Waals surface area contributed by atoms with E-state index in [-0.39, 0.29) is 11.4 Å². The lowest BCUT2D eigenvalue weighted by Gasteiger charge is -2.07. The molecule has 0 saturated carbocycles. The molecule has 0 aliphatic heterocycles. The number of halogens is 4. The van der Waals surface area contributed by atoms with E-state index in [9.17, 15) is 13.2 Å². The first-order chi connectivity index (χ1) is 9.99. The highest BCUT2D eigenvalue weighted by Crippen LogP contribution is 2.31. The van der Waals surface area contributed by atoms with Crippen LogP contribution in [0.2, 0.25) is 0 Å². The van der Waals surface area contributed by atoms with Gasteiger partial charge in [0.25, 0.3) is 0 Å². The summed E-state index contributed by atoms with van der Waals surface area (Å²) in [5, 5.41) is 3.78. The molecule has 1 aromatic carbocycles.